The molecule has 19 atom stereocenters. The first kappa shape index (κ1) is 48.6. The molecule has 0 bridgehead atoms. The molecule has 2 aromatic carbocycles. The van der Waals surface area contributed by atoms with Gasteiger partial charge in [-0.1, -0.05) is 12.1 Å². The highest BCUT2D eigenvalue weighted by atomic mass is 16.8. The number of phenolic OH excluding ortho intramolecular Hbond substituents is 4. The van der Waals surface area contributed by atoms with Gasteiger partial charge in [0.05, 0.1) is 32.0 Å². The minimum Gasteiger partial charge on any atom is -0.504 e. The SMILES string of the molecule is C[C@@H]1O[C@@H](OC[C@H]2O[C@@H](OCCc3ccc(O)c(O)c3)[C@H](O)[C@@H](O[C@@H]3O[C@@H](C)[C@H](O)[C@@H](O)[C@H]3O[C@@H]3OC[C@H](O)[C@H](O)[C@H]3O)[C@@H]2OC(=O)/C=C/c2ccc(O)c(O)c2)[C@H](O)[C@H](O)[C@H]1O. The molecule has 0 spiro atoms. The number of carbonyl (C=O) groups excluding carboxylic acids is 1. The summed E-state index contributed by atoms with van der Waals surface area (Å²) in [7, 11) is 0. The van der Waals surface area contributed by atoms with Crippen molar-refractivity contribution >= 4 is 12.0 Å². The number of benzene rings is 2. The van der Waals surface area contributed by atoms with E-state index >= 15 is 0 Å². The van der Waals surface area contributed by atoms with Crippen LogP contribution in [0.15, 0.2) is 42.5 Å². The van der Waals surface area contributed by atoms with Crippen LogP contribution in [0.4, 0.5) is 0 Å². The van der Waals surface area contributed by atoms with Gasteiger partial charge < -0.3 is 109 Å². The number of hydrogen-bond donors (Lipinski definition) is 13. The summed E-state index contributed by atoms with van der Waals surface area (Å²) in [6.07, 6.45) is -29.3. The number of ether oxygens (including phenoxy) is 9. The fourth-order valence-electron chi connectivity index (χ4n) is 7.27. The van der Waals surface area contributed by atoms with Gasteiger partial charge in [-0.15, -0.1) is 0 Å². The molecular formula is C40H54O23. The zero-order chi connectivity index (χ0) is 45.9. The maximum atomic E-state index is 13.6. The van der Waals surface area contributed by atoms with E-state index in [1.54, 1.807) is 0 Å². The zero-order valence-corrected chi connectivity index (χ0v) is 33.8. The van der Waals surface area contributed by atoms with E-state index in [2.05, 4.69) is 0 Å². The lowest BCUT2D eigenvalue weighted by Gasteiger charge is -2.48. The molecule has 0 amide bonds. The number of hydrogen-bond acceptors (Lipinski definition) is 23. The van der Waals surface area contributed by atoms with E-state index in [1.165, 1.54) is 50.3 Å². The van der Waals surface area contributed by atoms with Crippen LogP contribution in [-0.2, 0) is 53.8 Å². The largest absolute Gasteiger partial charge is 0.504 e. The van der Waals surface area contributed by atoms with Gasteiger partial charge in [0.25, 0.3) is 0 Å². The van der Waals surface area contributed by atoms with Crippen LogP contribution in [0.2, 0.25) is 0 Å². The Balaban J connectivity index is 1.32. The van der Waals surface area contributed by atoms with Gasteiger partial charge in [0.15, 0.2) is 54.3 Å². The highest BCUT2D eigenvalue weighted by Gasteiger charge is 2.55. The molecule has 23 heteroatoms. The van der Waals surface area contributed by atoms with Crippen LogP contribution < -0.4 is 0 Å². The van der Waals surface area contributed by atoms with Crippen molar-refractivity contribution in [3.63, 3.8) is 0 Å². The Morgan fingerprint density at radius 1 is 0.619 bits per heavy atom. The molecule has 0 unspecified atom stereocenters. The molecular weight excluding hydrogens is 848 g/mol. The fourth-order valence-corrected chi connectivity index (χ4v) is 7.27. The monoisotopic (exact) mass is 902 g/mol. The molecule has 0 aliphatic carbocycles. The number of aromatic hydroxyl groups is 4. The third kappa shape index (κ3) is 11.3. The molecule has 2 aromatic rings. The molecule has 0 saturated carbocycles. The molecule has 0 aromatic heterocycles. The number of phenols is 4. The molecule has 4 aliphatic heterocycles. The topological polar surface area (TPSA) is 363 Å². The van der Waals surface area contributed by atoms with Crippen molar-refractivity contribution < 1.29 is 114 Å². The standard InChI is InChI=1S/C40H54O23/c1-15-26(47)29(50)32(53)37(58-15)57-14-24-34(61-25(46)8-5-17-3-6-19(41)21(43)11-17)35(33(54)39(60-24)55-10-9-18-4-7-20(42)22(44)12-18)62-40-36(30(51)27(48)16(2)59-40)63-38-31(52)28(49)23(45)13-56-38/h3-8,11-12,15-16,23-24,26-45,47-54H,9-10,13-14H2,1-2H3/b8-5+/t15-,16-,23-,24+,26-,27-,28-,29+,30+,31+,32+,33+,34+,35+,36+,37+,38-,39+,40-/m0/s1. The molecule has 23 nitrogen and oxygen atoms in total. The van der Waals surface area contributed by atoms with E-state index in [0.29, 0.717) is 5.56 Å². The summed E-state index contributed by atoms with van der Waals surface area (Å²) in [4.78, 5) is 13.6. The zero-order valence-electron chi connectivity index (χ0n) is 33.8. The van der Waals surface area contributed by atoms with Crippen molar-refractivity contribution in [1.29, 1.82) is 0 Å². The van der Waals surface area contributed by atoms with Crippen molar-refractivity contribution in [2.24, 2.45) is 0 Å². The lowest BCUT2D eigenvalue weighted by Crippen LogP contribution is -2.66. The molecule has 13 N–H and O–H groups in total. The fraction of sp³-hybridized carbons (Fsp3) is 0.625. The van der Waals surface area contributed by atoms with Gasteiger partial charge >= 0.3 is 5.97 Å². The Morgan fingerprint density at radius 2 is 1.22 bits per heavy atom. The van der Waals surface area contributed by atoms with Crippen LogP contribution in [0.5, 0.6) is 23.0 Å². The first-order valence-electron chi connectivity index (χ1n) is 20.0. The van der Waals surface area contributed by atoms with Crippen molar-refractivity contribution in [2.75, 3.05) is 19.8 Å². The van der Waals surface area contributed by atoms with E-state index < -0.39 is 153 Å². The Morgan fingerprint density at radius 3 is 1.90 bits per heavy atom. The van der Waals surface area contributed by atoms with Crippen LogP contribution in [-0.4, -0.2) is 209 Å². The number of aliphatic hydroxyl groups is 9. The summed E-state index contributed by atoms with van der Waals surface area (Å²) in [5, 5.41) is 136. The molecule has 63 heavy (non-hydrogen) atoms. The van der Waals surface area contributed by atoms with E-state index in [0.717, 1.165) is 12.1 Å². The number of carbonyl (C=O) groups is 1. The van der Waals surface area contributed by atoms with Gasteiger partial charge in [0, 0.05) is 6.08 Å². The van der Waals surface area contributed by atoms with Crippen LogP contribution in [0.1, 0.15) is 25.0 Å². The molecule has 4 aliphatic rings. The van der Waals surface area contributed by atoms with Crippen LogP contribution in [0.3, 0.4) is 0 Å². The highest BCUT2D eigenvalue weighted by molar-refractivity contribution is 5.87. The molecule has 4 fully saturated rings. The van der Waals surface area contributed by atoms with E-state index in [-0.39, 0.29) is 24.3 Å². The third-order valence-electron chi connectivity index (χ3n) is 11.0. The molecule has 4 saturated heterocycles. The first-order chi connectivity index (χ1) is 29.8. The van der Waals surface area contributed by atoms with E-state index in [1.807, 2.05) is 0 Å². The molecule has 6 rings (SSSR count). The summed E-state index contributed by atoms with van der Waals surface area (Å²) in [5.74, 6) is -2.80. The summed E-state index contributed by atoms with van der Waals surface area (Å²) < 4.78 is 52.6. The molecule has 4 heterocycles. The summed E-state index contributed by atoms with van der Waals surface area (Å²) in [5.41, 5.74) is 0.731. The second-order valence-electron chi connectivity index (χ2n) is 15.6. The maximum absolute atomic E-state index is 13.6. The van der Waals surface area contributed by atoms with Gasteiger partial charge in [-0.25, -0.2) is 4.79 Å². The first-order valence-corrected chi connectivity index (χ1v) is 20.0. The van der Waals surface area contributed by atoms with Crippen molar-refractivity contribution in [2.45, 2.75) is 137 Å². The Bertz CT molecular complexity index is 1850. The van der Waals surface area contributed by atoms with Gasteiger partial charge in [0.1, 0.15) is 73.2 Å². The maximum Gasteiger partial charge on any atom is 0.331 e. The van der Waals surface area contributed by atoms with Gasteiger partial charge in [-0.05, 0) is 61.7 Å². The van der Waals surface area contributed by atoms with Crippen LogP contribution in [0.25, 0.3) is 6.08 Å². The normalized spacial score (nSPS) is 39.9. The summed E-state index contributed by atoms with van der Waals surface area (Å²) >= 11 is 0. The van der Waals surface area contributed by atoms with Gasteiger partial charge in [0.2, 0.25) is 0 Å². The average Bonchev–Trinajstić information content (AvgIpc) is 3.25. The second-order valence-corrected chi connectivity index (χ2v) is 15.6. The van der Waals surface area contributed by atoms with Crippen LogP contribution >= 0.6 is 0 Å². The van der Waals surface area contributed by atoms with Gasteiger partial charge in [-0.2, -0.15) is 0 Å². The minimum absolute atomic E-state index is 0.0802. The predicted octanol–water partition coefficient (Wildman–Crippen LogP) is -3.70. The lowest BCUT2D eigenvalue weighted by atomic mass is 9.96. The van der Waals surface area contributed by atoms with E-state index in [4.69, 9.17) is 42.6 Å². The number of rotatable bonds is 14. The predicted molar refractivity (Wildman–Crippen MR) is 205 cm³/mol. The quantitative estimate of drug-likeness (QED) is 0.0493. The Kier molecular flexibility index (Phi) is 16.2. The Hall–Kier alpha value is -3.83. The van der Waals surface area contributed by atoms with E-state index in [9.17, 15) is 71.2 Å². The van der Waals surface area contributed by atoms with Crippen molar-refractivity contribution in [3.05, 3.63) is 53.6 Å². The van der Waals surface area contributed by atoms with Gasteiger partial charge in [-0.3, -0.25) is 0 Å². The van der Waals surface area contributed by atoms with Crippen LogP contribution in [0, 0.1) is 0 Å². The molecule has 0 radical (unpaired) electrons. The number of aliphatic hydroxyl groups excluding tert-OH is 9. The third-order valence-corrected chi connectivity index (χ3v) is 11.0. The Labute approximate surface area is 359 Å². The minimum atomic E-state index is -1.93. The summed E-state index contributed by atoms with van der Waals surface area (Å²) in [6, 6.07) is 7.70. The smallest absolute Gasteiger partial charge is 0.331 e. The average molecular weight is 903 g/mol. The number of esters is 1. The highest BCUT2D eigenvalue weighted by Crippen LogP contribution is 2.35. The van der Waals surface area contributed by atoms with Crippen molar-refractivity contribution in [1.82, 2.24) is 0 Å². The van der Waals surface area contributed by atoms with Crippen molar-refractivity contribution in [3.8, 4) is 23.0 Å². The lowest BCUT2D eigenvalue weighted by molar-refractivity contribution is -0.383. The summed E-state index contributed by atoms with van der Waals surface area (Å²) in [6.45, 7) is 1.37. The molecule has 352 valence electrons. The second kappa shape index (κ2) is 21.0.